The summed E-state index contributed by atoms with van der Waals surface area (Å²) in [5, 5.41) is 13.4. The second kappa shape index (κ2) is 6.13. The number of nitrogens with one attached hydrogen (secondary N) is 1. The molecule has 2 N–H and O–H groups in total. The zero-order valence-corrected chi connectivity index (χ0v) is 12.0. The minimum atomic E-state index is -4.42. The van der Waals surface area contributed by atoms with Gasteiger partial charge in [-0.25, -0.2) is 4.98 Å². The number of rotatable bonds is 3. The molecular formula is C13H9BrF3N3O. The molecule has 0 unspecified atom stereocenters. The molecule has 0 aliphatic carbocycles. The van der Waals surface area contributed by atoms with E-state index >= 15 is 0 Å². The Morgan fingerprint density at radius 1 is 1.24 bits per heavy atom. The number of aromatic nitrogens is 1. The van der Waals surface area contributed by atoms with Gasteiger partial charge in [0.25, 0.3) is 0 Å². The molecule has 4 nitrogen and oxygen atoms in total. The minimum Gasteiger partial charge on any atom is -0.507 e. The van der Waals surface area contributed by atoms with Gasteiger partial charge in [-0.05, 0) is 30.3 Å². The van der Waals surface area contributed by atoms with Crippen LogP contribution in [-0.2, 0) is 6.18 Å². The number of alkyl halides is 3. The number of hydrazone groups is 1. The van der Waals surface area contributed by atoms with Crippen molar-refractivity contribution >= 4 is 28.0 Å². The third-order valence-corrected chi connectivity index (χ3v) is 2.96. The molecule has 0 amide bonds. The van der Waals surface area contributed by atoms with Gasteiger partial charge in [-0.1, -0.05) is 15.9 Å². The summed E-state index contributed by atoms with van der Waals surface area (Å²) in [6, 6.07) is 6.86. The van der Waals surface area contributed by atoms with Crippen molar-refractivity contribution in [3.63, 3.8) is 0 Å². The average molecular weight is 360 g/mol. The fourth-order valence-electron chi connectivity index (χ4n) is 1.42. The molecule has 2 rings (SSSR count). The summed E-state index contributed by atoms with van der Waals surface area (Å²) in [7, 11) is 0. The van der Waals surface area contributed by atoms with Crippen LogP contribution in [0.5, 0.6) is 5.75 Å². The first-order chi connectivity index (χ1) is 9.86. The van der Waals surface area contributed by atoms with Gasteiger partial charge in [-0.3, -0.25) is 5.43 Å². The maximum Gasteiger partial charge on any atom is 0.417 e. The van der Waals surface area contributed by atoms with Crippen LogP contribution in [-0.4, -0.2) is 16.3 Å². The summed E-state index contributed by atoms with van der Waals surface area (Å²) in [5.41, 5.74) is 2.10. The Bertz CT molecular complexity index is 657. The van der Waals surface area contributed by atoms with E-state index in [2.05, 4.69) is 31.4 Å². The first-order valence-corrected chi connectivity index (χ1v) is 6.46. The highest BCUT2D eigenvalue weighted by Crippen LogP contribution is 2.28. The molecule has 8 heteroatoms. The van der Waals surface area contributed by atoms with Crippen LogP contribution < -0.4 is 5.43 Å². The lowest BCUT2D eigenvalue weighted by Crippen LogP contribution is -2.05. The third kappa shape index (κ3) is 4.19. The second-order valence-corrected chi connectivity index (χ2v) is 4.92. The molecule has 0 aliphatic rings. The molecular weight excluding hydrogens is 351 g/mol. The largest absolute Gasteiger partial charge is 0.507 e. The summed E-state index contributed by atoms with van der Waals surface area (Å²) in [4.78, 5) is 3.60. The highest BCUT2D eigenvalue weighted by molar-refractivity contribution is 9.10. The molecule has 21 heavy (non-hydrogen) atoms. The predicted octanol–water partition coefficient (Wildman–Crippen LogP) is 4.01. The van der Waals surface area contributed by atoms with Gasteiger partial charge >= 0.3 is 6.18 Å². The lowest BCUT2D eigenvalue weighted by atomic mass is 10.2. The molecule has 0 spiro atoms. The molecule has 1 aromatic heterocycles. The number of aromatic hydroxyl groups is 1. The van der Waals surface area contributed by atoms with Crippen molar-refractivity contribution in [2.45, 2.75) is 6.18 Å². The molecule has 0 aliphatic heterocycles. The normalized spacial score (nSPS) is 11.8. The van der Waals surface area contributed by atoms with Gasteiger partial charge in [0.2, 0.25) is 0 Å². The standard InChI is InChI=1S/C13H9BrF3N3O/c14-10-2-3-11(21)8(5-10)6-19-20-12-4-1-9(7-18-12)13(15,16)17/h1-7,21H,(H,18,20)/b19-6+. The van der Waals surface area contributed by atoms with E-state index in [1.807, 2.05) is 0 Å². The van der Waals surface area contributed by atoms with Gasteiger partial charge in [0.15, 0.2) is 0 Å². The molecule has 110 valence electrons. The number of nitrogens with zero attached hydrogens (tertiary/aromatic N) is 2. The number of hydrogen-bond acceptors (Lipinski definition) is 4. The minimum absolute atomic E-state index is 0.0316. The fourth-order valence-corrected chi connectivity index (χ4v) is 1.80. The van der Waals surface area contributed by atoms with Crippen molar-refractivity contribution in [3.05, 3.63) is 52.1 Å². The van der Waals surface area contributed by atoms with Crippen molar-refractivity contribution in [1.82, 2.24) is 4.98 Å². The molecule has 0 fully saturated rings. The number of anilines is 1. The van der Waals surface area contributed by atoms with Crippen LogP contribution in [0.15, 0.2) is 46.1 Å². The number of halogens is 4. The van der Waals surface area contributed by atoms with E-state index in [1.165, 1.54) is 18.3 Å². The second-order valence-electron chi connectivity index (χ2n) is 4.00. The van der Waals surface area contributed by atoms with E-state index in [4.69, 9.17) is 0 Å². The molecule has 0 atom stereocenters. The quantitative estimate of drug-likeness (QED) is 0.642. The Morgan fingerprint density at radius 2 is 2.00 bits per heavy atom. The van der Waals surface area contributed by atoms with Crippen LogP contribution >= 0.6 is 15.9 Å². The van der Waals surface area contributed by atoms with Crippen LogP contribution in [0.4, 0.5) is 19.0 Å². The van der Waals surface area contributed by atoms with Gasteiger partial charge in [0.05, 0.1) is 11.8 Å². The molecule has 0 bridgehead atoms. The number of phenols is 1. The predicted molar refractivity (Wildman–Crippen MR) is 76.3 cm³/mol. The Morgan fingerprint density at radius 3 is 2.62 bits per heavy atom. The van der Waals surface area contributed by atoms with Crippen LogP contribution in [0.2, 0.25) is 0 Å². The highest BCUT2D eigenvalue weighted by atomic mass is 79.9. The molecule has 1 aromatic carbocycles. The summed E-state index contributed by atoms with van der Waals surface area (Å²) in [6.45, 7) is 0. The average Bonchev–Trinajstić information content (AvgIpc) is 2.42. The van der Waals surface area contributed by atoms with Gasteiger partial charge < -0.3 is 5.11 Å². The van der Waals surface area contributed by atoms with Crippen molar-refractivity contribution in [1.29, 1.82) is 0 Å². The number of benzene rings is 1. The Kier molecular flexibility index (Phi) is 4.46. The number of pyridine rings is 1. The Balaban J connectivity index is 2.06. The van der Waals surface area contributed by atoms with Crippen molar-refractivity contribution < 1.29 is 18.3 Å². The van der Waals surface area contributed by atoms with Gasteiger partial charge in [0.1, 0.15) is 11.6 Å². The van der Waals surface area contributed by atoms with Crippen LogP contribution in [0.3, 0.4) is 0 Å². The smallest absolute Gasteiger partial charge is 0.417 e. The van der Waals surface area contributed by atoms with Crippen LogP contribution in [0.1, 0.15) is 11.1 Å². The van der Waals surface area contributed by atoms with E-state index in [9.17, 15) is 18.3 Å². The van der Waals surface area contributed by atoms with Crippen molar-refractivity contribution in [2.75, 3.05) is 5.43 Å². The molecule has 1 heterocycles. The fraction of sp³-hybridized carbons (Fsp3) is 0.0769. The SMILES string of the molecule is Oc1ccc(Br)cc1/C=N/Nc1ccc(C(F)(F)F)cn1. The Labute approximate surface area is 126 Å². The summed E-state index contributed by atoms with van der Waals surface area (Å²) in [6.07, 6.45) is -2.37. The molecule has 2 aromatic rings. The lowest BCUT2D eigenvalue weighted by Gasteiger charge is -2.06. The number of hydrogen-bond donors (Lipinski definition) is 2. The van der Waals surface area contributed by atoms with Crippen LogP contribution in [0.25, 0.3) is 0 Å². The highest BCUT2D eigenvalue weighted by Gasteiger charge is 2.30. The first kappa shape index (κ1) is 15.3. The van der Waals surface area contributed by atoms with Gasteiger partial charge in [-0.15, -0.1) is 0 Å². The third-order valence-electron chi connectivity index (χ3n) is 2.46. The van der Waals surface area contributed by atoms with E-state index in [0.717, 1.165) is 10.5 Å². The maximum absolute atomic E-state index is 12.4. The lowest BCUT2D eigenvalue weighted by molar-refractivity contribution is -0.137. The summed E-state index contributed by atoms with van der Waals surface area (Å²) < 4.78 is 37.8. The van der Waals surface area contributed by atoms with Gasteiger partial charge in [0, 0.05) is 16.2 Å². The van der Waals surface area contributed by atoms with E-state index in [1.54, 1.807) is 12.1 Å². The zero-order chi connectivity index (χ0) is 15.5. The number of phenolic OH excluding ortho intramolecular Hbond substituents is 1. The van der Waals surface area contributed by atoms with E-state index in [-0.39, 0.29) is 11.6 Å². The molecule has 0 radical (unpaired) electrons. The van der Waals surface area contributed by atoms with E-state index in [0.29, 0.717) is 11.8 Å². The molecule has 0 saturated heterocycles. The van der Waals surface area contributed by atoms with Gasteiger partial charge in [-0.2, -0.15) is 18.3 Å². The maximum atomic E-state index is 12.4. The zero-order valence-electron chi connectivity index (χ0n) is 10.4. The monoisotopic (exact) mass is 359 g/mol. The molecule has 0 saturated carbocycles. The summed E-state index contributed by atoms with van der Waals surface area (Å²) >= 11 is 3.25. The Hall–Kier alpha value is -2.09. The first-order valence-electron chi connectivity index (χ1n) is 5.67. The van der Waals surface area contributed by atoms with Crippen molar-refractivity contribution in [2.24, 2.45) is 5.10 Å². The topological polar surface area (TPSA) is 57.5 Å². The van der Waals surface area contributed by atoms with E-state index < -0.39 is 11.7 Å². The summed E-state index contributed by atoms with van der Waals surface area (Å²) in [5.74, 6) is 0.192. The van der Waals surface area contributed by atoms with Crippen LogP contribution in [0, 0.1) is 0 Å². The van der Waals surface area contributed by atoms with Crippen molar-refractivity contribution in [3.8, 4) is 5.75 Å².